The van der Waals surface area contributed by atoms with Crippen LogP contribution in [0.5, 0.6) is 0 Å². The minimum Gasteiger partial charge on any atom is -0.271 e. The fourth-order valence-corrected chi connectivity index (χ4v) is 2.42. The summed E-state index contributed by atoms with van der Waals surface area (Å²) >= 11 is 0. The van der Waals surface area contributed by atoms with E-state index in [9.17, 15) is 0 Å². The van der Waals surface area contributed by atoms with Crippen LogP contribution in [0.15, 0.2) is 42.5 Å². The highest BCUT2D eigenvalue weighted by molar-refractivity contribution is 5.85. The summed E-state index contributed by atoms with van der Waals surface area (Å²) in [4.78, 5) is 0. The van der Waals surface area contributed by atoms with Crippen LogP contribution < -0.4 is 11.3 Å². The lowest BCUT2D eigenvalue weighted by atomic mass is 9.91. The van der Waals surface area contributed by atoms with E-state index in [-0.39, 0.29) is 0 Å². The number of benzene rings is 2. The van der Waals surface area contributed by atoms with Crippen molar-refractivity contribution in [2.24, 2.45) is 11.8 Å². The summed E-state index contributed by atoms with van der Waals surface area (Å²) in [5.41, 5.74) is 4.34. The molecule has 0 amide bonds. The molecule has 0 fully saturated rings. The van der Waals surface area contributed by atoms with E-state index in [1.165, 1.54) is 16.3 Å². The zero-order valence-corrected chi connectivity index (χ0v) is 11.2. The van der Waals surface area contributed by atoms with Crippen LogP contribution >= 0.6 is 0 Å². The van der Waals surface area contributed by atoms with Crippen LogP contribution in [0, 0.1) is 5.92 Å². The Bertz CT molecular complexity index is 502. The molecule has 2 aromatic rings. The minimum absolute atomic E-state index is 0.334. The molecule has 2 heteroatoms. The van der Waals surface area contributed by atoms with Crippen LogP contribution in [0.3, 0.4) is 0 Å². The van der Waals surface area contributed by atoms with Crippen molar-refractivity contribution >= 4 is 10.8 Å². The van der Waals surface area contributed by atoms with Gasteiger partial charge < -0.3 is 0 Å². The number of hydrazine groups is 1. The maximum Gasteiger partial charge on any atom is 0.0276 e. The first-order valence-electron chi connectivity index (χ1n) is 6.69. The average molecular weight is 242 g/mol. The summed E-state index contributed by atoms with van der Waals surface area (Å²) < 4.78 is 0. The van der Waals surface area contributed by atoms with Crippen molar-refractivity contribution in [2.75, 3.05) is 0 Å². The molecule has 2 nitrogen and oxygen atoms in total. The summed E-state index contributed by atoms with van der Waals surface area (Å²) in [5, 5.41) is 2.64. The zero-order valence-electron chi connectivity index (χ0n) is 11.2. The van der Waals surface area contributed by atoms with E-state index >= 15 is 0 Å². The largest absolute Gasteiger partial charge is 0.271 e. The summed E-state index contributed by atoms with van der Waals surface area (Å²) in [6.07, 6.45) is 2.12. The molecule has 0 aliphatic carbocycles. The van der Waals surface area contributed by atoms with Gasteiger partial charge in [0.15, 0.2) is 0 Å². The molecule has 0 aliphatic heterocycles. The van der Waals surface area contributed by atoms with E-state index in [4.69, 9.17) is 5.84 Å². The van der Waals surface area contributed by atoms with Gasteiger partial charge in [-0.3, -0.25) is 11.3 Å². The van der Waals surface area contributed by atoms with Crippen molar-refractivity contribution in [3.05, 3.63) is 48.0 Å². The summed E-state index contributed by atoms with van der Waals surface area (Å²) in [6, 6.07) is 15.4. The predicted octanol–water partition coefficient (Wildman–Crippen LogP) is 3.26. The molecule has 0 aliphatic rings. The molecule has 0 aromatic heterocycles. The molecule has 0 bridgehead atoms. The molecular formula is C16H22N2. The minimum atomic E-state index is 0.334. The molecule has 18 heavy (non-hydrogen) atoms. The number of hydrogen-bond donors (Lipinski definition) is 2. The molecular weight excluding hydrogens is 220 g/mol. The van der Waals surface area contributed by atoms with Crippen LogP contribution in [-0.4, -0.2) is 6.04 Å². The average Bonchev–Trinajstić information content (AvgIpc) is 2.44. The Morgan fingerprint density at radius 3 is 2.56 bits per heavy atom. The Hall–Kier alpha value is -1.38. The van der Waals surface area contributed by atoms with Crippen LogP contribution in [0.4, 0.5) is 0 Å². The predicted molar refractivity (Wildman–Crippen MR) is 78.2 cm³/mol. The van der Waals surface area contributed by atoms with Crippen LogP contribution in [-0.2, 0) is 6.42 Å². The van der Waals surface area contributed by atoms with Crippen molar-refractivity contribution in [3.8, 4) is 0 Å². The highest BCUT2D eigenvalue weighted by atomic mass is 15.2. The SMILES string of the molecule is CCC(C)C(Cc1cccc2ccccc12)NN. The number of hydrogen-bond acceptors (Lipinski definition) is 2. The van der Waals surface area contributed by atoms with Crippen LogP contribution in [0.2, 0.25) is 0 Å². The Balaban J connectivity index is 2.30. The monoisotopic (exact) mass is 242 g/mol. The van der Waals surface area contributed by atoms with E-state index in [1.807, 2.05) is 0 Å². The van der Waals surface area contributed by atoms with E-state index in [1.54, 1.807) is 0 Å². The van der Waals surface area contributed by atoms with Gasteiger partial charge >= 0.3 is 0 Å². The summed E-state index contributed by atoms with van der Waals surface area (Å²) in [7, 11) is 0. The lowest BCUT2D eigenvalue weighted by molar-refractivity contribution is 0.371. The van der Waals surface area contributed by atoms with Crippen molar-refractivity contribution < 1.29 is 0 Å². The van der Waals surface area contributed by atoms with Gasteiger partial charge in [0.05, 0.1) is 0 Å². The standard InChI is InChI=1S/C16H22N2/c1-3-12(2)16(18-17)11-14-9-6-8-13-7-4-5-10-15(13)14/h4-10,12,16,18H,3,11,17H2,1-2H3. The quantitative estimate of drug-likeness (QED) is 0.624. The molecule has 0 heterocycles. The van der Waals surface area contributed by atoms with Crippen molar-refractivity contribution in [3.63, 3.8) is 0 Å². The number of nitrogens with two attached hydrogens (primary N) is 1. The first kappa shape index (κ1) is 13.1. The van der Waals surface area contributed by atoms with Gasteiger partial charge in [0.2, 0.25) is 0 Å². The highest BCUT2D eigenvalue weighted by Crippen LogP contribution is 2.21. The van der Waals surface area contributed by atoms with Crippen molar-refractivity contribution in [1.82, 2.24) is 5.43 Å². The second-order valence-corrected chi connectivity index (χ2v) is 5.00. The number of rotatable bonds is 5. The molecule has 2 aromatic carbocycles. The topological polar surface area (TPSA) is 38.0 Å². The van der Waals surface area contributed by atoms with E-state index in [0.717, 1.165) is 12.8 Å². The second-order valence-electron chi connectivity index (χ2n) is 5.00. The fourth-order valence-electron chi connectivity index (χ4n) is 2.42. The third kappa shape index (κ3) is 2.71. The molecule has 0 spiro atoms. The normalized spacial score (nSPS) is 14.6. The molecule has 2 unspecified atom stereocenters. The molecule has 0 saturated heterocycles. The zero-order chi connectivity index (χ0) is 13.0. The Morgan fingerprint density at radius 1 is 1.11 bits per heavy atom. The third-order valence-electron chi connectivity index (χ3n) is 3.86. The van der Waals surface area contributed by atoms with Gasteiger partial charge in [0.1, 0.15) is 0 Å². The molecule has 3 N–H and O–H groups in total. The Labute approximate surface area is 109 Å². The molecule has 2 rings (SSSR count). The maximum absolute atomic E-state index is 5.69. The van der Waals surface area contributed by atoms with Gasteiger partial charge in [-0.2, -0.15) is 0 Å². The lowest BCUT2D eigenvalue weighted by Gasteiger charge is -2.22. The third-order valence-corrected chi connectivity index (χ3v) is 3.86. The highest BCUT2D eigenvalue weighted by Gasteiger charge is 2.15. The van der Waals surface area contributed by atoms with Gasteiger partial charge in [0.25, 0.3) is 0 Å². The lowest BCUT2D eigenvalue weighted by Crippen LogP contribution is -2.41. The van der Waals surface area contributed by atoms with Gasteiger partial charge in [0, 0.05) is 6.04 Å². The first-order chi connectivity index (χ1) is 8.76. The van der Waals surface area contributed by atoms with Crippen molar-refractivity contribution in [1.29, 1.82) is 0 Å². The first-order valence-corrected chi connectivity index (χ1v) is 6.69. The van der Waals surface area contributed by atoms with E-state index in [2.05, 4.69) is 61.7 Å². The number of nitrogens with one attached hydrogen (secondary N) is 1. The van der Waals surface area contributed by atoms with Gasteiger partial charge in [-0.15, -0.1) is 0 Å². The molecule has 2 atom stereocenters. The van der Waals surface area contributed by atoms with Crippen LogP contribution in [0.1, 0.15) is 25.8 Å². The molecule has 96 valence electrons. The fraction of sp³-hybridized carbons (Fsp3) is 0.375. The van der Waals surface area contributed by atoms with Crippen molar-refractivity contribution in [2.45, 2.75) is 32.7 Å². The smallest absolute Gasteiger partial charge is 0.0276 e. The summed E-state index contributed by atoms with van der Waals surface area (Å²) in [6.45, 7) is 4.45. The molecule has 0 radical (unpaired) electrons. The number of fused-ring (bicyclic) bond motifs is 1. The Morgan fingerprint density at radius 2 is 1.83 bits per heavy atom. The van der Waals surface area contributed by atoms with Crippen LogP contribution in [0.25, 0.3) is 10.8 Å². The summed E-state index contributed by atoms with van der Waals surface area (Å²) in [5.74, 6) is 6.27. The van der Waals surface area contributed by atoms with Gasteiger partial charge in [-0.25, -0.2) is 0 Å². The van der Waals surface area contributed by atoms with E-state index < -0.39 is 0 Å². The maximum atomic E-state index is 5.69. The van der Waals surface area contributed by atoms with E-state index in [0.29, 0.717) is 12.0 Å². The second kappa shape index (κ2) is 5.98. The molecule has 0 saturated carbocycles. The van der Waals surface area contributed by atoms with Gasteiger partial charge in [-0.05, 0) is 28.7 Å². The Kier molecular flexibility index (Phi) is 4.34. The van der Waals surface area contributed by atoms with Gasteiger partial charge in [-0.1, -0.05) is 62.7 Å².